The maximum Gasteiger partial charge on any atom is 0.297 e. The normalized spacial score (nSPS) is 11.6. The summed E-state index contributed by atoms with van der Waals surface area (Å²) in [5.74, 6) is 0. The zero-order valence-electron chi connectivity index (χ0n) is 10.2. The molecule has 0 aromatic heterocycles. The third-order valence-corrected chi connectivity index (χ3v) is 3.45. The average Bonchev–Trinajstić information content (AvgIpc) is 2.29. The maximum atomic E-state index is 11.7. The molecule has 1 aromatic carbocycles. The van der Waals surface area contributed by atoms with E-state index in [4.69, 9.17) is 8.92 Å². The Kier molecular flexibility index (Phi) is 5.61. The molecule has 17 heavy (non-hydrogen) atoms. The van der Waals surface area contributed by atoms with E-state index in [0.29, 0.717) is 13.2 Å². The Labute approximate surface area is 103 Å². The minimum absolute atomic E-state index is 0.0518. The summed E-state index contributed by atoms with van der Waals surface area (Å²) in [6, 6.07) is 6.56. The van der Waals surface area contributed by atoms with E-state index >= 15 is 0 Å². The molecule has 0 unspecified atom stereocenters. The second-order valence-corrected chi connectivity index (χ2v) is 5.32. The summed E-state index contributed by atoms with van der Waals surface area (Å²) < 4.78 is 33.4. The summed E-state index contributed by atoms with van der Waals surface area (Å²) in [6.07, 6.45) is 0.907. The van der Waals surface area contributed by atoms with Crippen LogP contribution >= 0.6 is 0 Å². The summed E-state index contributed by atoms with van der Waals surface area (Å²) >= 11 is 0. The predicted molar refractivity (Wildman–Crippen MR) is 65.4 cm³/mol. The number of rotatable bonds is 7. The topological polar surface area (TPSA) is 52.6 Å². The average molecular weight is 258 g/mol. The van der Waals surface area contributed by atoms with E-state index in [2.05, 4.69) is 0 Å². The van der Waals surface area contributed by atoms with Crippen LogP contribution in [0.15, 0.2) is 29.2 Å². The molecular weight excluding hydrogens is 240 g/mol. The lowest BCUT2D eigenvalue weighted by Gasteiger charge is -2.06. The number of ether oxygens (including phenoxy) is 1. The first-order valence-corrected chi connectivity index (χ1v) is 7.01. The molecule has 1 rings (SSSR count). The molecule has 0 aliphatic carbocycles. The highest BCUT2D eigenvalue weighted by Gasteiger charge is 2.14. The van der Waals surface area contributed by atoms with Gasteiger partial charge in [0.25, 0.3) is 10.1 Å². The minimum Gasteiger partial charge on any atom is -0.379 e. The third-order valence-electron chi connectivity index (χ3n) is 2.12. The van der Waals surface area contributed by atoms with Gasteiger partial charge in [-0.25, -0.2) is 0 Å². The Morgan fingerprint density at radius 2 is 1.71 bits per heavy atom. The van der Waals surface area contributed by atoms with Crippen LogP contribution in [0.1, 0.15) is 18.9 Å². The Bertz CT molecular complexity index is 422. The zero-order valence-corrected chi connectivity index (χ0v) is 11.0. The quantitative estimate of drug-likeness (QED) is 0.555. The van der Waals surface area contributed by atoms with E-state index in [1.165, 1.54) is 12.1 Å². The van der Waals surface area contributed by atoms with Crippen LogP contribution in [-0.4, -0.2) is 28.2 Å². The SMILES string of the molecule is CCCOCCOS(=O)(=O)c1ccc(C)cc1. The molecule has 0 bridgehead atoms. The van der Waals surface area contributed by atoms with Gasteiger partial charge in [0, 0.05) is 6.61 Å². The Balaban J connectivity index is 2.48. The van der Waals surface area contributed by atoms with Gasteiger partial charge in [-0.15, -0.1) is 0 Å². The zero-order chi connectivity index (χ0) is 12.7. The molecule has 0 fully saturated rings. The van der Waals surface area contributed by atoms with Gasteiger partial charge >= 0.3 is 0 Å². The molecule has 0 amide bonds. The summed E-state index contributed by atoms with van der Waals surface area (Å²) in [4.78, 5) is 0.179. The number of aryl methyl sites for hydroxylation is 1. The van der Waals surface area contributed by atoms with Gasteiger partial charge in [0.15, 0.2) is 0 Å². The first kappa shape index (κ1) is 14.2. The molecule has 0 saturated heterocycles. The standard InChI is InChI=1S/C12H18O4S/c1-3-8-15-9-10-16-17(13,14)12-6-4-11(2)5-7-12/h4-7H,3,8-10H2,1-2H3. The van der Waals surface area contributed by atoms with Crippen LogP contribution in [0.5, 0.6) is 0 Å². The van der Waals surface area contributed by atoms with Crippen molar-refractivity contribution in [2.45, 2.75) is 25.2 Å². The van der Waals surface area contributed by atoms with Gasteiger partial charge in [-0.05, 0) is 25.5 Å². The number of benzene rings is 1. The molecular formula is C12H18O4S. The Morgan fingerprint density at radius 1 is 1.06 bits per heavy atom. The Morgan fingerprint density at radius 3 is 2.29 bits per heavy atom. The number of hydrogen-bond acceptors (Lipinski definition) is 4. The van der Waals surface area contributed by atoms with Crippen molar-refractivity contribution < 1.29 is 17.3 Å². The molecule has 5 heteroatoms. The fraction of sp³-hybridized carbons (Fsp3) is 0.500. The summed E-state index contributed by atoms with van der Waals surface area (Å²) in [5.41, 5.74) is 1.01. The van der Waals surface area contributed by atoms with Gasteiger partial charge in [-0.3, -0.25) is 4.18 Å². The molecule has 0 aliphatic heterocycles. The fourth-order valence-electron chi connectivity index (χ4n) is 1.22. The van der Waals surface area contributed by atoms with Crippen LogP contribution < -0.4 is 0 Å². The molecule has 1 aromatic rings. The van der Waals surface area contributed by atoms with Crippen LogP contribution in [0.2, 0.25) is 0 Å². The highest BCUT2D eigenvalue weighted by molar-refractivity contribution is 7.86. The molecule has 0 atom stereocenters. The second-order valence-electron chi connectivity index (χ2n) is 3.70. The monoisotopic (exact) mass is 258 g/mol. The van der Waals surface area contributed by atoms with Crippen molar-refractivity contribution in [2.75, 3.05) is 19.8 Å². The largest absolute Gasteiger partial charge is 0.379 e. The van der Waals surface area contributed by atoms with E-state index in [0.717, 1.165) is 12.0 Å². The third kappa shape index (κ3) is 4.85. The number of hydrogen-bond donors (Lipinski definition) is 0. The van der Waals surface area contributed by atoms with Crippen LogP contribution in [0.3, 0.4) is 0 Å². The first-order chi connectivity index (χ1) is 8.06. The first-order valence-electron chi connectivity index (χ1n) is 5.60. The van der Waals surface area contributed by atoms with E-state index in [1.807, 2.05) is 13.8 Å². The lowest BCUT2D eigenvalue weighted by Crippen LogP contribution is -2.11. The van der Waals surface area contributed by atoms with E-state index in [-0.39, 0.29) is 11.5 Å². The van der Waals surface area contributed by atoms with Crippen LogP contribution in [0.4, 0.5) is 0 Å². The fourth-order valence-corrected chi connectivity index (χ4v) is 2.11. The molecule has 0 N–H and O–H groups in total. The second kappa shape index (κ2) is 6.74. The predicted octanol–water partition coefficient (Wildman–Crippen LogP) is 2.13. The van der Waals surface area contributed by atoms with E-state index in [1.54, 1.807) is 12.1 Å². The molecule has 0 saturated carbocycles. The van der Waals surface area contributed by atoms with Gasteiger partial charge in [-0.1, -0.05) is 24.6 Å². The molecule has 0 radical (unpaired) electrons. The summed E-state index contributed by atoms with van der Waals surface area (Å²) in [5, 5.41) is 0. The smallest absolute Gasteiger partial charge is 0.297 e. The summed E-state index contributed by atoms with van der Waals surface area (Å²) in [6.45, 7) is 4.85. The van der Waals surface area contributed by atoms with Crippen molar-refractivity contribution in [3.8, 4) is 0 Å². The lowest BCUT2D eigenvalue weighted by atomic mass is 10.2. The van der Waals surface area contributed by atoms with Gasteiger partial charge < -0.3 is 4.74 Å². The van der Waals surface area contributed by atoms with E-state index in [9.17, 15) is 8.42 Å². The summed E-state index contributed by atoms with van der Waals surface area (Å²) in [7, 11) is -3.64. The Hall–Kier alpha value is -0.910. The van der Waals surface area contributed by atoms with Crippen LogP contribution in [0.25, 0.3) is 0 Å². The van der Waals surface area contributed by atoms with Crippen molar-refractivity contribution >= 4 is 10.1 Å². The molecule has 0 aliphatic rings. The molecule has 0 heterocycles. The van der Waals surface area contributed by atoms with Crippen molar-refractivity contribution in [2.24, 2.45) is 0 Å². The highest BCUT2D eigenvalue weighted by Crippen LogP contribution is 2.12. The molecule has 4 nitrogen and oxygen atoms in total. The highest BCUT2D eigenvalue weighted by atomic mass is 32.2. The van der Waals surface area contributed by atoms with Gasteiger partial charge in [-0.2, -0.15) is 8.42 Å². The van der Waals surface area contributed by atoms with Gasteiger partial charge in [0.2, 0.25) is 0 Å². The van der Waals surface area contributed by atoms with Crippen molar-refractivity contribution in [3.05, 3.63) is 29.8 Å². The van der Waals surface area contributed by atoms with Crippen LogP contribution in [-0.2, 0) is 19.0 Å². The van der Waals surface area contributed by atoms with Crippen LogP contribution in [0, 0.1) is 6.92 Å². The van der Waals surface area contributed by atoms with E-state index < -0.39 is 10.1 Å². The van der Waals surface area contributed by atoms with Gasteiger partial charge in [0.1, 0.15) is 0 Å². The minimum atomic E-state index is -3.64. The van der Waals surface area contributed by atoms with Gasteiger partial charge in [0.05, 0.1) is 18.1 Å². The lowest BCUT2D eigenvalue weighted by molar-refractivity contribution is 0.103. The molecule has 0 spiro atoms. The molecule has 96 valence electrons. The maximum absolute atomic E-state index is 11.7. The van der Waals surface area contributed by atoms with Crippen molar-refractivity contribution in [3.63, 3.8) is 0 Å². The van der Waals surface area contributed by atoms with Crippen molar-refractivity contribution in [1.29, 1.82) is 0 Å². The van der Waals surface area contributed by atoms with Crippen molar-refractivity contribution in [1.82, 2.24) is 0 Å².